The molecular formula is C14H18F2N2O2. The Balaban J connectivity index is 2.42. The van der Waals surface area contributed by atoms with Gasteiger partial charge in [-0.05, 0) is 37.1 Å². The molecule has 0 spiro atoms. The second-order valence-electron chi connectivity index (χ2n) is 4.94. The molecule has 1 aromatic rings. The molecule has 0 saturated carbocycles. The predicted octanol–water partition coefficient (Wildman–Crippen LogP) is 1.39. The minimum atomic E-state index is -1.08. The van der Waals surface area contributed by atoms with E-state index in [4.69, 9.17) is 10.5 Å². The molecular weight excluding hydrogens is 266 g/mol. The number of amides is 1. The number of benzene rings is 1. The van der Waals surface area contributed by atoms with Crippen LogP contribution in [0.3, 0.4) is 0 Å². The fourth-order valence-corrected chi connectivity index (χ4v) is 2.88. The number of ether oxygens (including phenoxy) is 1. The fourth-order valence-electron chi connectivity index (χ4n) is 2.88. The van der Waals surface area contributed by atoms with Gasteiger partial charge in [0, 0.05) is 13.7 Å². The first-order valence-corrected chi connectivity index (χ1v) is 6.52. The lowest BCUT2D eigenvalue weighted by molar-refractivity contribution is -0.129. The number of hydrogen-bond acceptors (Lipinski definition) is 3. The molecule has 6 heteroatoms. The lowest BCUT2D eigenvalue weighted by Gasteiger charge is -2.36. The van der Waals surface area contributed by atoms with Crippen LogP contribution in [0.2, 0.25) is 0 Å². The van der Waals surface area contributed by atoms with E-state index in [1.54, 1.807) is 7.11 Å². The molecule has 4 nitrogen and oxygen atoms in total. The summed E-state index contributed by atoms with van der Waals surface area (Å²) < 4.78 is 31.6. The SMILES string of the molecule is COCCN1CCCC1(C(N)=O)c1ccc(F)c(F)c1. The van der Waals surface area contributed by atoms with E-state index in [0.29, 0.717) is 31.7 Å². The molecule has 0 radical (unpaired) electrons. The van der Waals surface area contributed by atoms with Crippen LogP contribution < -0.4 is 5.73 Å². The number of methoxy groups -OCH3 is 1. The zero-order valence-corrected chi connectivity index (χ0v) is 11.4. The quantitative estimate of drug-likeness (QED) is 0.889. The van der Waals surface area contributed by atoms with Gasteiger partial charge in [0.2, 0.25) is 5.91 Å². The molecule has 1 unspecified atom stereocenters. The largest absolute Gasteiger partial charge is 0.383 e. The molecule has 1 atom stereocenters. The molecule has 1 heterocycles. The van der Waals surface area contributed by atoms with E-state index < -0.39 is 23.1 Å². The molecule has 0 aliphatic carbocycles. The molecule has 0 bridgehead atoms. The van der Waals surface area contributed by atoms with Crippen LogP contribution in [0, 0.1) is 11.6 Å². The molecule has 0 aromatic heterocycles. The summed E-state index contributed by atoms with van der Waals surface area (Å²) in [5.41, 5.74) is 4.90. The molecule has 110 valence electrons. The fraction of sp³-hybridized carbons (Fsp3) is 0.500. The highest BCUT2D eigenvalue weighted by Crippen LogP contribution is 2.39. The van der Waals surface area contributed by atoms with E-state index in [1.165, 1.54) is 6.07 Å². The molecule has 1 aliphatic heterocycles. The Morgan fingerprint density at radius 3 is 2.80 bits per heavy atom. The Labute approximate surface area is 116 Å². The van der Waals surface area contributed by atoms with Gasteiger partial charge in [-0.1, -0.05) is 6.07 Å². The van der Waals surface area contributed by atoms with Crippen molar-refractivity contribution in [3.8, 4) is 0 Å². The van der Waals surface area contributed by atoms with Crippen LogP contribution in [-0.2, 0) is 15.1 Å². The van der Waals surface area contributed by atoms with Crippen LogP contribution in [0.1, 0.15) is 18.4 Å². The van der Waals surface area contributed by atoms with Gasteiger partial charge < -0.3 is 10.5 Å². The van der Waals surface area contributed by atoms with Crippen molar-refractivity contribution in [3.63, 3.8) is 0 Å². The summed E-state index contributed by atoms with van der Waals surface area (Å²) in [6, 6.07) is 3.52. The molecule has 1 saturated heterocycles. The van der Waals surface area contributed by atoms with Crippen LogP contribution in [0.15, 0.2) is 18.2 Å². The van der Waals surface area contributed by atoms with Gasteiger partial charge in [0.25, 0.3) is 0 Å². The van der Waals surface area contributed by atoms with Crippen molar-refractivity contribution in [3.05, 3.63) is 35.4 Å². The molecule has 2 rings (SSSR count). The van der Waals surface area contributed by atoms with Crippen LogP contribution in [0.4, 0.5) is 8.78 Å². The van der Waals surface area contributed by atoms with E-state index in [1.807, 2.05) is 4.90 Å². The van der Waals surface area contributed by atoms with Gasteiger partial charge in [0.05, 0.1) is 6.61 Å². The Bertz CT molecular complexity index is 510. The number of halogens is 2. The minimum Gasteiger partial charge on any atom is -0.383 e. The van der Waals surface area contributed by atoms with Crippen molar-refractivity contribution in [2.75, 3.05) is 26.8 Å². The van der Waals surface area contributed by atoms with Gasteiger partial charge in [-0.25, -0.2) is 8.78 Å². The zero-order valence-electron chi connectivity index (χ0n) is 11.4. The minimum absolute atomic E-state index is 0.400. The number of likely N-dealkylation sites (tertiary alicyclic amines) is 1. The van der Waals surface area contributed by atoms with Gasteiger partial charge in [-0.2, -0.15) is 0 Å². The molecule has 20 heavy (non-hydrogen) atoms. The average molecular weight is 284 g/mol. The van der Waals surface area contributed by atoms with E-state index >= 15 is 0 Å². The lowest BCUT2D eigenvalue weighted by Crippen LogP contribution is -2.52. The van der Waals surface area contributed by atoms with Crippen molar-refractivity contribution in [2.45, 2.75) is 18.4 Å². The van der Waals surface area contributed by atoms with E-state index in [9.17, 15) is 13.6 Å². The Morgan fingerprint density at radius 2 is 2.20 bits per heavy atom. The maximum atomic E-state index is 13.5. The summed E-state index contributed by atoms with van der Waals surface area (Å²) >= 11 is 0. The molecule has 1 amide bonds. The van der Waals surface area contributed by atoms with Crippen LogP contribution in [0.5, 0.6) is 0 Å². The number of carbonyl (C=O) groups excluding carboxylic acids is 1. The average Bonchev–Trinajstić information content (AvgIpc) is 2.84. The number of nitrogens with zero attached hydrogens (tertiary/aromatic N) is 1. The van der Waals surface area contributed by atoms with E-state index in [0.717, 1.165) is 18.6 Å². The molecule has 1 aliphatic rings. The number of nitrogens with two attached hydrogens (primary N) is 1. The molecule has 1 aromatic carbocycles. The summed E-state index contributed by atoms with van der Waals surface area (Å²) in [7, 11) is 1.57. The molecule has 2 N–H and O–H groups in total. The summed E-state index contributed by atoms with van der Waals surface area (Å²) in [5, 5.41) is 0. The summed E-state index contributed by atoms with van der Waals surface area (Å²) in [5.74, 6) is -2.45. The lowest BCUT2D eigenvalue weighted by atomic mass is 9.86. The van der Waals surface area contributed by atoms with Gasteiger partial charge in [0.15, 0.2) is 11.6 Å². The number of hydrogen-bond donors (Lipinski definition) is 1. The summed E-state index contributed by atoms with van der Waals surface area (Å²) in [4.78, 5) is 13.9. The van der Waals surface area contributed by atoms with E-state index in [-0.39, 0.29) is 0 Å². The van der Waals surface area contributed by atoms with Crippen molar-refractivity contribution < 1.29 is 18.3 Å². The Kier molecular flexibility index (Phi) is 4.35. The normalized spacial score (nSPS) is 23.1. The first-order valence-electron chi connectivity index (χ1n) is 6.52. The topological polar surface area (TPSA) is 55.6 Å². The number of carbonyl (C=O) groups is 1. The highest BCUT2D eigenvalue weighted by molar-refractivity contribution is 5.86. The van der Waals surface area contributed by atoms with Crippen molar-refractivity contribution in [2.24, 2.45) is 5.73 Å². The van der Waals surface area contributed by atoms with Crippen LogP contribution in [-0.4, -0.2) is 37.6 Å². The third-order valence-corrected chi connectivity index (χ3v) is 3.88. The monoisotopic (exact) mass is 284 g/mol. The maximum Gasteiger partial charge on any atom is 0.242 e. The van der Waals surface area contributed by atoms with Gasteiger partial charge in [-0.3, -0.25) is 9.69 Å². The van der Waals surface area contributed by atoms with Gasteiger partial charge in [-0.15, -0.1) is 0 Å². The smallest absolute Gasteiger partial charge is 0.242 e. The van der Waals surface area contributed by atoms with Crippen molar-refractivity contribution in [1.29, 1.82) is 0 Å². The first-order chi connectivity index (χ1) is 9.52. The third kappa shape index (κ3) is 2.41. The van der Waals surface area contributed by atoms with Crippen LogP contribution >= 0.6 is 0 Å². The van der Waals surface area contributed by atoms with Crippen molar-refractivity contribution >= 4 is 5.91 Å². The summed E-state index contributed by atoms with van der Waals surface area (Å²) in [6.07, 6.45) is 1.27. The Hall–Kier alpha value is -1.53. The third-order valence-electron chi connectivity index (χ3n) is 3.88. The highest BCUT2D eigenvalue weighted by Gasteiger charge is 2.47. The molecule has 1 fully saturated rings. The summed E-state index contributed by atoms with van der Waals surface area (Å²) in [6.45, 7) is 1.63. The first kappa shape index (κ1) is 14.9. The van der Waals surface area contributed by atoms with Gasteiger partial charge >= 0.3 is 0 Å². The predicted molar refractivity (Wildman–Crippen MR) is 69.9 cm³/mol. The highest BCUT2D eigenvalue weighted by atomic mass is 19.2. The zero-order chi connectivity index (χ0) is 14.8. The van der Waals surface area contributed by atoms with Crippen molar-refractivity contribution in [1.82, 2.24) is 4.90 Å². The second-order valence-corrected chi connectivity index (χ2v) is 4.94. The number of primary amides is 1. The van der Waals surface area contributed by atoms with Gasteiger partial charge in [0.1, 0.15) is 5.54 Å². The number of rotatable bonds is 5. The maximum absolute atomic E-state index is 13.5. The Morgan fingerprint density at radius 1 is 1.45 bits per heavy atom. The standard InChI is InChI=1S/C14H18F2N2O2/c1-20-8-7-18-6-2-5-14(18,13(17)19)10-3-4-11(15)12(16)9-10/h3-4,9H,2,5-8H2,1H3,(H2,17,19). The van der Waals surface area contributed by atoms with Crippen LogP contribution in [0.25, 0.3) is 0 Å². The van der Waals surface area contributed by atoms with E-state index in [2.05, 4.69) is 0 Å². The second kappa shape index (κ2) is 5.85.